The fourth-order valence-corrected chi connectivity index (χ4v) is 2.12. The van der Waals surface area contributed by atoms with Crippen LogP contribution in [0.1, 0.15) is 19.6 Å². The number of hydrogen-bond acceptors (Lipinski definition) is 3. The van der Waals surface area contributed by atoms with Crippen LogP contribution >= 0.6 is 0 Å². The molecule has 0 N–H and O–H groups in total. The molecule has 1 aromatic heterocycles. The third-order valence-corrected chi connectivity index (χ3v) is 3.25. The zero-order valence-corrected chi connectivity index (χ0v) is 9.93. The van der Waals surface area contributed by atoms with Gasteiger partial charge in [0, 0.05) is 24.1 Å². The molecule has 1 aliphatic heterocycles. The van der Waals surface area contributed by atoms with Crippen molar-refractivity contribution in [3.63, 3.8) is 0 Å². The van der Waals surface area contributed by atoms with Crippen LogP contribution in [-0.4, -0.2) is 30.3 Å². The van der Waals surface area contributed by atoms with Crippen LogP contribution < -0.4 is 0 Å². The number of nitrogens with zero attached hydrogens (tertiary/aromatic N) is 1. The molecule has 0 spiro atoms. The molecule has 0 bridgehead atoms. The highest BCUT2D eigenvalue weighted by molar-refractivity contribution is 6.02. The monoisotopic (exact) mass is 219 g/mol. The fourth-order valence-electron chi connectivity index (χ4n) is 2.12. The first kappa shape index (κ1) is 11.1. The Labute approximate surface area is 95.7 Å². The van der Waals surface area contributed by atoms with Gasteiger partial charge in [0.1, 0.15) is 5.76 Å². The highest BCUT2D eigenvalue weighted by Crippen LogP contribution is 2.24. The molecule has 2 atom stereocenters. The van der Waals surface area contributed by atoms with Crippen molar-refractivity contribution in [3.8, 4) is 0 Å². The Balaban J connectivity index is 2.33. The average molecular weight is 219 g/mol. The summed E-state index contributed by atoms with van der Waals surface area (Å²) in [6.45, 7) is 4.86. The molecule has 1 aliphatic rings. The molecule has 3 nitrogen and oxygen atoms in total. The summed E-state index contributed by atoms with van der Waals surface area (Å²) in [4.78, 5) is 14.3. The summed E-state index contributed by atoms with van der Waals surface area (Å²) in [7, 11) is 2.05. The Morgan fingerprint density at radius 1 is 1.50 bits per heavy atom. The largest absolute Gasteiger partial charge is 0.465 e. The van der Waals surface area contributed by atoms with Crippen molar-refractivity contribution in [3.05, 3.63) is 29.7 Å². The van der Waals surface area contributed by atoms with Crippen LogP contribution in [-0.2, 0) is 4.79 Å². The summed E-state index contributed by atoms with van der Waals surface area (Å²) >= 11 is 0. The third kappa shape index (κ3) is 1.95. The van der Waals surface area contributed by atoms with E-state index in [9.17, 15) is 4.79 Å². The summed E-state index contributed by atoms with van der Waals surface area (Å²) in [5.74, 6) is 1.06. The first-order chi connectivity index (χ1) is 7.59. The molecule has 0 saturated carbocycles. The van der Waals surface area contributed by atoms with E-state index in [1.165, 1.54) is 0 Å². The molecule has 1 aromatic rings. The summed E-state index contributed by atoms with van der Waals surface area (Å²) < 4.78 is 5.26. The predicted molar refractivity (Wildman–Crippen MR) is 62.9 cm³/mol. The molecule has 0 aliphatic carbocycles. The fraction of sp³-hybridized carbons (Fsp3) is 0.462. The Bertz CT molecular complexity index is 406. The van der Waals surface area contributed by atoms with Gasteiger partial charge >= 0.3 is 0 Å². The smallest absolute Gasteiger partial charge is 0.164 e. The first-order valence-corrected chi connectivity index (χ1v) is 5.59. The van der Waals surface area contributed by atoms with E-state index in [1.807, 2.05) is 32.2 Å². The molecule has 2 heterocycles. The quantitative estimate of drug-likeness (QED) is 0.679. The molecule has 0 unspecified atom stereocenters. The second-order valence-corrected chi connectivity index (χ2v) is 4.50. The lowest BCUT2D eigenvalue weighted by molar-refractivity contribution is -0.121. The molecule has 0 amide bonds. The van der Waals surface area contributed by atoms with Gasteiger partial charge < -0.3 is 4.42 Å². The molecule has 2 rings (SSSR count). The number of carbonyl (C=O) groups excluding carboxylic acids is 1. The molecule has 3 heteroatoms. The van der Waals surface area contributed by atoms with Gasteiger partial charge in [0.05, 0.1) is 6.26 Å². The van der Waals surface area contributed by atoms with E-state index >= 15 is 0 Å². The number of ketones is 1. The SMILES string of the molecule is C[C@@H]1/C(=C/c2ccco2)C(=O)[C@@H](C)CN1C. The maximum atomic E-state index is 12.1. The second-order valence-electron chi connectivity index (χ2n) is 4.50. The van der Waals surface area contributed by atoms with Crippen molar-refractivity contribution in [2.24, 2.45) is 5.92 Å². The third-order valence-electron chi connectivity index (χ3n) is 3.25. The van der Waals surface area contributed by atoms with Crippen LogP contribution in [0.2, 0.25) is 0 Å². The second kappa shape index (κ2) is 4.26. The van der Waals surface area contributed by atoms with E-state index in [1.54, 1.807) is 6.26 Å². The number of hydrogen-bond donors (Lipinski definition) is 0. The van der Waals surface area contributed by atoms with Crippen LogP contribution in [0.15, 0.2) is 28.4 Å². The standard InChI is InChI=1S/C13H17NO2/c1-9-8-14(3)10(2)12(13(9)15)7-11-5-4-6-16-11/h4-7,9-10H,8H2,1-3H3/b12-7-/t9-,10+/m0/s1. The zero-order valence-electron chi connectivity index (χ0n) is 9.93. The lowest BCUT2D eigenvalue weighted by atomic mass is 9.88. The summed E-state index contributed by atoms with van der Waals surface area (Å²) in [5.41, 5.74) is 0.844. The lowest BCUT2D eigenvalue weighted by Gasteiger charge is -2.34. The molecule has 1 fully saturated rings. The Morgan fingerprint density at radius 3 is 2.88 bits per heavy atom. The van der Waals surface area contributed by atoms with Gasteiger partial charge in [-0.05, 0) is 32.2 Å². The molecule has 0 radical (unpaired) electrons. The van der Waals surface area contributed by atoms with Crippen molar-refractivity contribution in [2.45, 2.75) is 19.9 Å². The minimum atomic E-state index is 0.0717. The maximum absolute atomic E-state index is 12.1. The molecular weight excluding hydrogens is 202 g/mol. The molecule has 1 saturated heterocycles. The van der Waals surface area contributed by atoms with Crippen LogP contribution in [0.4, 0.5) is 0 Å². The number of likely N-dealkylation sites (N-methyl/N-ethyl adjacent to an activating group) is 1. The summed E-state index contributed by atoms with van der Waals surface area (Å²) in [6.07, 6.45) is 3.48. The van der Waals surface area contributed by atoms with Crippen molar-refractivity contribution in [1.82, 2.24) is 4.90 Å². The van der Waals surface area contributed by atoms with Crippen LogP contribution in [0.5, 0.6) is 0 Å². The van der Waals surface area contributed by atoms with Gasteiger partial charge in [0.15, 0.2) is 5.78 Å². The maximum Gasteiger partial charge on any atom is 0.164 e. The van der Waals surface area contributed by atoms with Gasteiger partial charge in [-0.3, -0.25) is 9.69 Å². The summed E-state index contributed by atoms with van der Waals surface area (Å²) in [6, 6.07) is 3.86. The van der Waals surface area contributed by atoms with E-state index in [4.69, 9.17) is 4.42 Å². The van der Waals surface area contributed by atoms with Gasteiger partial charge in [-0.1, -0.05) is 6.92 Å². The Hall–Kier alpha value is -1.35. The Morgan fingerprint density at radius 2 is 2.25 bits per heavy atom. The summed E-state index contributed by atoms with van der Waals surface area (Å²) in [5, 5.41) is 0. The van der Waals surface area contributed by atoms with E-state index in [0.717, 1.165) is 17.9 Å². The molecule has 0 aromatic carbocycles. The van der Waals surface area contributed by atoms with Crippen LogP contribution in [0.25, 0.3) is 6.08 Å². The van der Waals surface area contributed by atoms with E-state index in [-0.39, 0.29) is 17.7 Å². The number of likely N-dealkylation sites (tertiary alicyclic amines) is 1. The first-order valence-electron chi connectivity index (χ1n) is 5.59. The van der Waals surface area contributed by atoms with Crippen LogP contribution in [0.3, 0.4) is 0 Å². The minimum absolute atomic E-state index is 0.0717. The van der Waals surface area contributed by atoms with Crippen molar-refractivity contribution in [2.75, 3.05) is 13.6 Å². The number of furan rings is 1. The number of Topliss-reactive ketones (excluding diaryl/α,β-unsaturated/α-hetero) is 1. The molecular formula is C13H17NO2. The minimum Gasteiger partial charge on any atom is -0.465 e. The van der Waals surface area contributed by atoms with E-state index in [0.29, 0.717) is 0 Å². The topological polar surface area (TPSA) is 33.5 Å². The van der Waals surface area contributed by atoms with Gasteiger partial charge in [0.25, 0.3) is 0 Å². The molecule has 16 heavy (non-hydrogen) atoms. The number of carbonyl (C=O) groups is 1. The van der Waals surface area contributed by atoms with Gasteiger partial charge in [-0.15, -0.1) is 0 Å². The van der Waals surface area contributed by atoms with Crippen molar-refractivity contribution >= 4 is 11.9 Å². The van der Waals surface area contributed by atoms with Gasteiger partial charge in [-0.2, -0.15) is 0 Å². The highest BCUT2D eigenvalue weighted by atomic mass is 16.3. The van der Waals surface area contributed by atoms with E-state index < -0.39 is 0 Å². The normalized spacial score (nSPS) is 29.9. The van der Waals surface area contributed by atoms with Crippen LogP contribution in [0, 0.1) is 5.92 Å². The predicted octanol–water partition coefficient (Wildman–Crippen LogP) is 2.20. The van der Waals surface area contributed by atoms with Gasteiger partial charge in [-0.25, -0.2) is 0 Å². The van der Waals surface area contributed by atoms with Crippen molar-refractivity contribution in [1.29, 1.82) is 0 Å². The number of piperidine rings is 1. The number of rotatable bonds is 1. The zero-order chi connectivity index (χ0) is 11.7. The van der Waals surface area contributed by atoms with Crippen molar-refractivity contribution < 1.29 is 9.21 Å². The van der Waals surface area contributed by atoms with Gasteiger partial charge in [0.2, 0.25) is 0 Å². The Kier molecular flexibility index (Phi) is 2.97. The highest BCUT2D eigenvalue weighted by Gasteiger charge is 2.31. The van der Waals surface area contributed by atoms with E-state index in [2.05, 4.69) is 11.8 Å². The average Bonchev–Trinajstić information content (AvgIpc) is 2.74. The lowest BCUT2D eigenvalue weighted by Crippen LogP contribution is -2.44. The molecule has 86 valence electrons.